The fourth-order valence-electron chi connectivity index (χ4n) is 1.55. The monoisotopic (exact) mass is 220 g/mol. The summed E-state index contributed by atoms with van der Waals surface area (Å²) >= 11 is 0. The van der Waals surface area contributed by atoms with Gasteiger partial charge in [-0.05, 0) is 19.4 Å². The van der Waals surface area contributed by atoms with E-state index in [9.17, 15) is 4.79 Å². The van der Waals surface area contributed by atoms with E-state index in [1.165, 1.54) is 5.56 Å². The average Bonchev–Trinajstić information content (AvgIpc) is 2.27. The zero-order valence-corrected chi connectivity index (χ0v) is 10.4. The van der Waals surface area contributed by atoms with Crippen LogP contribution in [0.5, 0.6) is 0 Å². The van der Waals surface area contributed by atoms with Gasteiger partial charge in [-0.25, -0.2) is 0 Å². The molecule has 0 heterocycles. The van der Waals surface area contributed by atoms with Crippen molar-refractivity contribution in [2.75, 3.05) is 14.1 Å². The summed E-state index contributed by atoms with van der Waals surface area (Å²) in [5, 5.41) is 3.27. The number of nitrogens with one attached hydrogen (secondary N) is 1. The quantitative estimate of drug-likeness (QED) is 0.836. The zero-order chi connectivity index (χ0) is 12.2. The lowest BCUT2D eigenvalue weighted by Crippen LogP contribution is -2.51. The number of carbonyl (C=O) groups excluding carboxylic acids is 1. The van der Waals surface area contributed by atoms with E-state index >= 15 is 0 Å². The molecule has 0 aliphatic heterocycles. The molecular formula is C13H20N2O. The van der Waals surface area contributed by atoms with E-state index in [1.54, 1.807) is 19.0 Å². The molecule has 1 rings (SSSR count). The SMILES string of the molecule is CN(C)C(=O)C(C)(C)NCc1ccccc1. The first-order valence-corrected chi connectivity index (χ1v) is 5.44. The second-order valence-corrected chi connectivity index (χ2v) is 4.66. The van der Waals surface area contributed by atoms with E-state index in [1.807, 2.05) is 44.2 Å². The summed E-state index contributed by atoms with van der Waals surface area (Å²) in [5.41, 5.74) is 0.654. The Morgan fingerprint density at radius 3 is 2.31 bits per heavy atom. The second-order valence-electron chi connectivity index (χ2n) is 4.66. The van der Waals surface area contributed by atoms with Crippen molar-refractivity contribution in [3.63, 3.8) is 0 Å². The average molecular weight is 220 g/mol. The van der Waals surface area contributed by atoms with Gasteiger partial charge in [-0.15, -0.1) is 0 Å². The molecule has 0 fully saturated rings. The Morgan fingerprint density at radius 2 is 1.81 bits per heavy atom. The van der Waals surface area contributed by atoms with Gasteiger partial charge in [0.1, 0.15) is 0 Å². The molecule has 0 radical (unpaired) electrons. The van der Waals surface area contributed by atoms with Crippen LogP contribution in [0.2, 0.25) is 0 Å². The fourth-order valence-corrected chi connectivity index (χ4v) is 1.55. The number of nitrogens with zero attached hydrogens (tertiary/aromatic N) is 1. The molecule has 0 saturated heterocycles. The predicted molar refractivity (Wildman–Crippen MR) is 66.1 cm³/mol. The maximum Gasteiger partial charge on any atom is 0.241 e. The van der Waals surface area contributed by atoms with Crippen LogP contribution >= 0.6 is 0 Å². The van der Waals surface area contributed by atoms with Crippen molar-refractivity contribution in [2.24, 2.45) is 0 Å². The minimum atomic E-state index is -0.528. The normalized spacial score (nSPS) is 11.2. The van der Waals surface area contributed by atoms with Gasteiger partial charge in [0.25, 0.3) is 0 Å². The molecule has 16 heavy (non-hydrogen) atoms. The van der Waals surface area contributed by atoms with Crippen molar-refractivity contribution in [3.8, 4) is 0 Å². The highest BCUT2D eigenvalue weighted by Gasteiger charge is 2.27. The van der Waals surface area contributed by atoms with E-state index in [2.05, 4.69) is 5.32 Å². The standard InChI is InChI=1S/C13H20N2O/c1-13(2,12(16)15(3)4)14-10-11-8-6-5-7-9-11/h5-9,14H,10H2,1-4H3. The summed E-state index contributed by atoms with van der Waals surface area (Å²) in [6.07, 6.45) is 0. The van der Waals surface area contributed by atoms with Crippen molar-refractivity contribution < 1.29 is 4.79 Å². The van der Waals surface area contributed by atoms with Gasteiger partial charge in [0, 0.05) is 20.6 Å². The Kier molecular flexibility index (Phi) is 4.07. The molecule has 3 nitrogen and oxygen atoms in total. The number of amides is 1. The second kappa shape index (κ2) is 5.12. The zero-order valence-electron chi connectivity index (χ0n) is 10.4. The van der Waals surface area contributed by atoms with E-state index < -0.39 is 5.54 Å². The van der Waals surface area contributed by atoms with Crippen LogP contribution in [0.3, 0.4) is 0 Å². The van der Waals surface area contributed by atoms with Crippen molar-refractivity contribution >= 4 is 5.91 Å². The van der Waals surface area contributed by atoms with Crippen LogP contribution in [-0.2, 0) is 11.3 Å². The molecule has 1 aromatic carbocycles. The van der Waals surface area contributed by atoms with Gasteiger partial charge in [0.15, 0.2) is 0 Å². The summed E-state index contributed by atoms with van der Waals surface area (Å²) in [6.45, 7) is 4.50. The highest BCUT2D eigenvalue weighted by molar-refractivity contribution is 5.85. The molecule has 0 aliphatic carbocycles. The molecular weight excluding hydrogens is 200 g/mol. The molecule has 0 bridgehead atoms. The van der Waals surface area contributed by atoms with Crippen molar-refractivity contribution in [1.82, 2.24) is 10.2 Å². The first kappa shape index (κ1) is 12.7. The maximum atomic E-state index is 11.8. The third-order valence-corrected chi connectivity index (χ3v) is 2.52. The molecule has 3 heteroatoms. The van der Waals surface area contributed by atoms with Crippen LogP contribution in [-0.4, -0.2) is 30.4 Å². The lowest BCUT2D eigenvalue weighted by Gasteiger charge is -2.28. The van der Waals surface area contributed by atoms with Gasteiger partial charge in [-0.2, -0.15) is 0 Å². The maximum absolute atomic E-state index is 11.8. The van der Waals surface area contributed by atoms with Crippen LogP contribution in [0.4, 0.5) is 0 Å². The van der Waals surface area contributed by atoms with E-state index in [4.69, 9.17) is 0 Å². The van der Waals surface area contributed by atoms with Crippen LogP contribution in [0, 0.1) is 0 Å². The largest absolute Gasteiger partial charge is 0.347 e. The number of rotatable bonds is 4. The van der Waals surface area contributed by atoms with Crippen LogP contribution in [0.15, 0.2) is 30.3 Å². The minimum Gasteiger partial charge on any atom is -0.347 e. The fraction of sp³-hybridized carbons (Fsp3) is 0.462. The molecule has 0 atom stereocenters. The van der Waals surface area contributed by atoms with Gasteiger partial charge in [-0.3, -0.25) is 10.1 Å². The van der Waals surface area contributed by atoms with Gasteiger partial charge in [0.2, 0.25) is 5.91 Å². The Hall–Kier alpha value is -1.35. The summed E-state index contributed by atoms with van der Waals surface area (Å²) < 4.78 is 0. The molecule has 1 aromatic rings. The Morgan fingerprint density at radius 1 is 1.25 bits per heavy atom. The number of likely N-dealkylation sites (N-methyl/N-ethyl adjacent to an activating group) is 1. The molecule has 0 saturated carbocycles. The molecule has 0 spiro atoms. The number of benzene rings is 1. The van der Waals surface area contributed by atoms with Gasteiger partial charge in [0.05, 0.1) is 5.54 Å². The van der Waals surface area contributed by atoms with Crippen LogP contribution in [0.1, 0.15) is 19.4 Å². The molecule has 1 N–H and O–H groups in total. The van der Waals surface area contributed by atoms with Gasteiger partial charge >= 0.3 is 0 Å². The Labute approximate surface area is 97.5 Å². The molecule has 88 valence electrons. The molecule has 0 unspecified atom stereocenters. The summed E-state index contributed by atoms with van der Waals surface area (Å²) in [5.74, 6) is 0.0865. The molecule has 1 amide bonds. The third-order valence-electron chi connectivity index (χ3n) is 2.52. The number of carbonyl (C=O) groups is 1. The Bertz CT molecular complexity index is 344. The number of hydrogen-bond donors (Lipinski definition) is 1. The number of hydrogen-bond acceptors (Lipinski definition) is 2. The Balaban J connectivity index is 2.58. The van der Waals surface area contributed by atoms with Crippen molar-refractivity contribution in [2.45, 2.75) is 25.9 Å². The van der Waals surface area contributed by atoms with Crippen LogP contribution < -0.4 is 5.32 Å². The molecule has 0 aliphatic rings. The summed E-state index contributed by atoms with van der Waals surface area (Å²) in [4.78, 5) is 13.5. The first-order chi connectivity index (χ1) is 7.43. The smallest absolute Gasteiger partial charge is 0.241 e. The van der Waals surface area contributed by atoms with E-state index in [0.717, 1.165) is 0 Å². The van der Waals surface area contributed by atoms with Gasteiger partial charge in [-0.1, -0.05) is 30.3 Å². The predicted octanol–water partition coefficient (Wildman–Crippen LogP) is 1.64. The third kappa shape index (κ3) is 3.35. The lowest BCUT2D eigenvalue weighted by atomic mass is 10.0. The minimum absolute atomic E-state index is 0.0865. The van der Waals surface area contributed by atoms with Crippen LogP contribution in [0.25, 0.3) is 0 Å². The van der Waals surface area contributed by atoms with E-state index in [0.29, 0.717) is 6.54 Å². The van der Waals surface area contributed by atoms with Crippen molar-refractivity contribution in [1.29, 1.82) is 0 Å². The summed E-state index contributed by atoms with van der Waals surface area (Å²) in [7, 11) is 3.54. The topological polar surface area (TPSA) is 32.3 Å². The highest BCUT2D eigenvalue weighted by Crippen LogP contribution is 2.08. The molecule has 0 aromatic heterocycles. The van der Waals surface area contributed by atoms with E-state index in [-0.39, 0.29) is 5.91 Å². The highest BCUT2D eigenvalue weighted by atomic mass is 16.2. The first-order valence-electron chi connectivity index (χ1n) is 5.44. The van der Waals surface area contributed by atoms with Gasteiger partial charge < -0.3 is 4.90 Å². The summed E-state index contributed by atoms with van der Waals surface area (Å²) in [6, 6.07) is 10.1. The lowest BCUT2D eigenvalue weighted by molar-refractivity contribution is -0.134. The van der Waals surface area contributed by atoms with Crippen molar-refractivity contribution in [3.05, 3.63) is 35.9 Å².